The van der Waals surface area contributed by atoms with Gasteiger partial charge in [0.2, 0.25) is 10.0 Å². The minimum absolute atomic E-state index is 0.0419. The molecule has 0 fully saturated rings. The number of sulfonamides is 1. The number of benzene rings is 2. The van der Waals surface area contributed by atoms with Crippen LogP contribution in [-0.4, -0.2) is 29.7 Å². The highest BCUT2D eigenvalue weighted by Crippen LogP contribution is 2.35. The fourth-order valence-corrected chi connectivity index (χ4v) is 3.45. The van der Waals surface area contributed by atoms with Crippen LogP contribution >= 0.6 is 11.6 Å². The van der Waals surface area contributed by atoms with Crippen LogP contribution in [0.25, 0.3) is 0 Å². The Morgan fingerprint density at radius 1 is 0.958 bits per heavy atom. The number of nitrogens with one attached hydrogen (secondary N) is 1. The number of rotatable bonds is 7. The molecule has 2 aromatic carbocycles. The average Bonchev–Trinajstić information content (AvgIpc) is 2.60. The summed E-state index contributed by atoms with van der Waals surface area (Å²) in [5.74, 6) is 1.09. The van der Waals surface area contributed by atoms with Gasteiger partial charge in [-0.2, -0.15) is 0 Å². The van der Waals surface area contributed by atoms with Crippen LogP contribution in [0.4, 0.5) is 0 Å². The van der Waals surface area contributed by atoms with E-state index in [1.165, 1.54) is 26.4 Å². The SMILES string of the molecule is COc1ccc(CNS(=O)(=O)c2cc(OC)c(Cl)cc2OC)cc1. The zero-order valence-electron chi connectivity index (χ0n) is 13.5. The molecule has 1 N–H and O–H groups in total. The van der Waals surface area contributed by atoms with Crippen molar-refractivity contribution in [2.45, 2.75) is 11.4 Å². The minimum atomic E-state index is -3.81. The summed E-state index contributed by atoms with van der Waals surface area (Å²) >= 11 is 6.00. The summed E-state index contributed by atoms with van der Waals surface area (Å²) in [6, 6.07) is 9.81. The van der Waals surface area contributed by atoms with Gasteiger partial charge in [0.05, 0.1) is 26.4 Å². The molecule has 6 nitrogen and oxygen atoms in total. The Labute approximate surface area is 146 Å². The van der Waals surface area contributed by atoms with Crippen LogP contribution in [0.15, 0.2) is 41.3 Å². The van der Waals surface area contributed by atoms with Crippen LogP contribution in [0.1, 0.15) is 5.56 Å². The lowest BCUT2D eigenvalue weighted by Crippen LogP contribution is -2.23. The summed E-state index contributed by atoms with van der Waals surface area (Å²) in [5.41, 5.74) is 0.791. The van der Waals surface area contributed by atoms with Crippen LogP contribution in [0.3, 0.4) is 0 Å². The van der Waals surface area contributed by atoms with Crippen molar-refractivity contribution in [3.05, 3.63) is 47.0 Å². The van der Waals surface area contributed by atoms with Gasteiger partial charge in [-0.1, -0.05) is 23.7 Å². The van der Waals surface area contributed by atoms with Crippen molar-refractivity contribution in [3.8, 4) is 17.2 Å². The lowest BCUT2D eigenvalue weighted by atomic mass is 10.2. The molecule has 0 aliphatic carbocycles. The van der Waals surface area contributed by atoms with Gasteiger partial charge in [0.1, 0.15) is 22.1 Å². The van der Waals surface area contributed by atoms with Crippen LogP contribution in [0.5, 0.6) is 17.2 Å². The third kappa shape index (κ3) is 4.11. The molecular weight excluding hydrogens is 354 g/mol. The predicted octanol–water partition coefficient (Wildman–Crippen LogP) is 2.84. The van der Waals surface area contributed by atoms with Crippen molar-refractivity contribution in [1.29, 1.82) is 0 Å². The molecule has 24 heavy (non-hydrogen) atoms. The highest BCUT2D eigenvalue weighted by Gasteiger charge is 2.22. The number of ether oxygens (including phenoxy) is 3. The quantitative estimate of drug-likeness (QED) is 0.810. The van der Waals surface area contributed by atoms with E-state index < -0.39 is 10.0 Å². The molecule has 0 saturated carbocycles. The second kappa shape index (κ2) is 7.74. The Morgan fingerprint density at radius 2 is 1.58 bits per heavy atom. The molecule has 0 aliphatic rings. The predicted molar refractivity (Wildman–Crippen MR) is 91.6 cm³/mol. The molecule has 0 bridgehead atoms. The van der Waals surface area contributed by atoms with Gasteiger partial charge in [0, 0.05) is 18.7 Å². The number of methoxy groups -OCH3 is 3. The average molecular weight is 372 g/mol. The zero-order valence-corrected chi connectivity index (χ0v) is 15.1. The van der Waals surface area contributed by atoms with Gasteiger partial charge in [-0.05, 0) is 17.7 Å². The first-order chi connectivity index (χ1) is 11.4. The van der Waals surface area contributed by atoms with Crippen LogP contribution in [0.2, 0.25) is 5.02 Å². The number of halogens is 1. The molecule has 8 heteroatoms. The molecule has 0 saturated heterocycles. The summed E-state index contributed by atoms with van der Waals surface area (Å²) in [6.07, 6.45) is 0. The van der Waals surface area contributed by atoms with E-state index in [4.69, 9.17) is 25.8 Å². The minimum Gasteiger partial charge on any atom is -0.497 e. The number of hydrogen-bond acceptors (Lipinski definition) is 5. The first-order valence-electron chi connectivity index (χ1n) is 6.95. The molecule has 130 valence electrons. The van der Waals surface area contributed by atoms with Crippen molar-refractivity contribution >= 4 is 21.6 Å². The van der Waals surface area contributed by atoms with E-state index in [1.807, 2.05) is 0 Å². The highest BCUT2D eigenvalue weighted by molar-refractivity contribution is 7.89. The van der Waals surface area contributed by atoms with E-state index in [9.17, 15) is 8.42 Å². The third-order valence-corrected chi connectivity index (χ3v) is 5.07. The Morgan fingerprint density at radius 3 is 2.12 bits per heavy atom. The largest absolute Gasteiger partial charge is 0.497 e. The Hall–Kier alpha value is -1.96. The van der Waals surface area contributed by atoms with Crippen molar-refractivity contribution < 1.29 is 22.6 Å². The van der Waals surface area contributed by atoms with Crippen LogP contribution in [0, 0.1) is 0 Å². The van der Waals surface area contributed by atoms with Gasteiger partial charge in [-0.3, -0.25) is 0 Å². The first-order valence-corrected chi connectivity index (χ1v) is 8.81. The fourth-order valence-electron chi connectivity index (χ4n) is 2.04. The maximum absolute atomic E-state index is 12.6. The molecule has 0 heterocycles. The van der Waals surface area contributed by atoms with Gasteiger partial charge >= 0.3 is 0 Å². The van der Waals surface area contributed by atoms with E-state index in [-0.39, 0.29) is 28.0 Å². The van der Waals surface area contributed by atoms with E-state index >= 15 is 0 Å². The van der Waals surface area contributed by atoms with Crippen molar-refractivity contribution in [2.24, 2.45) is 0 Å². The zero-order chi connectivity index (χ0) is 17.7. The van der Waals surface area contributed by atoms with E-state index in [1.54, 1.807) is 31.4 Å². The monoisotopic (exact) mass is 371 g/mol. The fraction of sp³-hybridized carbons (Fsp3) is 0.250. The molecule has 0 radical (unpaired) electrons. The lowest BCUT2D eigenvalue weighted by Gasteiger charge is -2.13. The molecule has 0 unspecified atom stereocenters. The third-order valence-electron chi connectivity index (χ3n) is 3.35. The summed E-state index contributed by atoms with van der Waals surface area (Å²) in [7, 11) is 0.543. The van der Waals surface area contributed by atoms with E-state index in [0.717, 1.165) is 5.56 Å². The normalized spacial score (nSPS) is 11.2. The van der Waals surface area contributed by atoms with Gasteiger partial charge in [0.15, 0.2) is 0 Å². The molecule has 0 aromatic heterocycles. The topological polar surface area (TPSA) is 73.9 Å². The smallest absolute Gasteiger partial charge is 0.244 e. The van der Waals surface area contributed by atoms with Crippen molar-refractivity contribution in [1.82, 2.24) is 4.72 Å². The second-order valence-corrected chi connectivity index (χ2v) is 6.95. The van der Waals surface area contributed by atoms with Gasteiger partial charge in [-0.15, -0.1) is 0 Å². The van der Waals surface area contributed by atoms with E-state index in [2.05, 4.69) is 4.72 Å². The molecule has 2 aromatic rings. The maximum atomic E-state index is 12.6. The Kier molecular flexibility index (Phi) is 5.93. The van der Waals surface area contributed by atoms with E-state index in [0.29, 0.717) is 5.75 Å². The molecule has 0 aliphatic heterocycles. The van der Waals surface area contributed by atoms with Gasteiger partial charge in [0.25, 0.3) is 0 Å². The Bertz CT molecular complexity index is 806. The highest BCUT2D eigenvalue weighted by atomic mass is 35.5. The number of hydrogen-bond donors (Lipinski definition) is 1. The van der Waals surface area contributed by atoms with Crippen molar-refractivity contribution in [2.75, 3.05) is 21.3 Å². The van der Waals surface area contributed by atoms with Crippen LogP contribution < -0.4 is 18.9 Å². The molecule has 0 atom stereocenters. The maximum Gasteiger partial charge on any atom is 0.244 e. The molecule has 2 rings (SSSR count). The summed E-state index contributed by atoms with van der Waals surface area (Å²) < 4.78 is 42.9. The van der Waals surface area contributed by atoms with Gasteiger partial charge < -0.3 is 14.2 Å². The summed E-state index contributed by atoms with van der Waals surface area (Å²) in [5, 5.41) is 0.267. The summed E-state index contributed by atoms with van der Waals surface area (Å²) in [4.78, 5) is -0.0419. The molecule has 0 amide bonds. The van der Waals surface area contributed by atoms with Crippen molar-refractivity contribution in [3.63, 3.8) is 0 Å². The molecule has 0 spiro atoms. The Balaban J connectivity index is 2.26. The lowest BCUT2D eigenvalue weighted by molar-refractivity contribution is 0.392. The standard InChI is InChI=1S/C16H18ClNO5S/c1-21-12-6-4-11(5-7-12)10-18-24(19,20)16-9-14(22-2)13(17)8-15(16)23-3/h4-9,18H,10H2,1-3H3. The molecular formula is C16H18ClNO5S. The van der Waals surface area contributed by atoms with Crippen LogP contribution in [-0.2, 0) is 16.6 Å². The summed E-state index contributed by atoms with van der Waals surface area (Å²) in [6.45, 7) is 0.125. The second-order valence-electron chi connectivity index (χ2n) is 4.81. The first kappa shape index (κ1) is 18.4. The van der Waals surface area contributed by atoms with Gasteiger partial charge in [-0.25, -0.2) is 13.1 Å².